The van der Waals surface area contributed by atoms with Gasteiger partial charge in [-0.3, -0.25) is 9.59 Å². The highest BCUT2D eigenvalue weighted by Crippen LogP contribution is 2.45. The Morgan fingerprint density at radius 2 is 1.06 bits per heavy atom. The Morgan fingerprint density at radius 1 is 0.694 bits per heavy atom. The molecule has 2 saturated heterocycles. The number of benzene rings is 2. The molecule has 2 aliphatic rings. The van der Waals surface area contributed by atoms with Crippen LogP contribution in [-0.2, 0) is 48.8 Å². The van der Waals surface area contributed by atoms with Crippen molar-refractivity contribution in [1.82, 2.24) is 0 Å². The van der Waals surface area contributed by atoms with Gasteiger partial charge in [0.15, 0.2) is 0 Å². The van der Waals surface area contributed by atoms with Crippen molar-refractivity contribution in [2.24, 2.45) is 10.8 Å². The zero-order chi connectivity index (χ0) is 36.9. The van der Waals surface area contributed by atoms with Gasteiger partial charge in [-0.1, -0.05) is 86.6 Å². The Morgan fingerprint density at radius 3 is 1.43 bits per heavy atom. The molecule has 0 saturated carbocycles. The summed E-state index contributed by atoms with van der Waals surface area (Å²) in [4.78, 5) is 26.6. The molecule has 4 rings (SSSR count). The maximum Gasteiger partial charge on any atom is 0.318 e. The summed E-state index contributed by atoms with van der Waals surface area (Å²) in [5.74, 6) is -1.86. The van der Waals surface area contributed by atoms with Crippen LogP contribution in [0, 0.1) is 24.7 Å². The topological polar surface area (TPSA) is 130 Å². The molecule has 0 radical (unpaired) electrons. The van der Waals surface area contributed by atoms with Crippen LogP contribution in [0.25, 0.3) is 0 Å². The molecule has 2 N–H and O–H groups in total. The molecule has 4 atom stereocenters. The first-order chi connectivity index (χ1) is 22.4. The number of rotatable bonds is 6. The first kappa shape index (κ1) is 38.6. The van der Waals surface area contributed by atoms with Crippen molar-refractivity contribution >= 4 is 11.9 Å². The van der Waals surface area contributed by atoms with Gasteiger partial charge >= 0.3 is 24.9 Å². The molecule has 1 spiro atoms. The average molecular weight is 685 g/mol. The van der Waals surface area contributed by atoms with E-state index >= 15 is 0 Å². The average Bonchev–Trinajstić information content (AvgIpc) is 2.99. The van der Waals surface area contributed by atoms with E-state index in [1.165, 1.54) is 0 Å². The normalized spacial score (nSPS) is 24.7. The highest BCUT2D eigenvalue weighted by atomic mass is 16.9. The van der Waals surface area contributed by atoms with E-state index in [4.69, 9.17) is 28.4 Å². The lowest BCUT2D eigenvalue weighted by Gasteiger charge is -2.52. The molecule has 0 bridgehead atoms. The van der Waals surface area contributed by atoms with E-state index in [2.05, 4.69) is 0 Å². The third-order valence-electron chi connectivity index (χ3n) is 9.50. The summed E-state index contributed by atoms with van der Waals surface area (Å²) in [6, 6.07) is 7.27. The van der Waals surface area contributed by atoms with E-state index in [1.807, 2.05) is 88.3 Å². The minimum Gasteiger partial charge on any atom is -0.507 e. The second-order valence-corrected chi connectivity index (χ2v) is 17.0. The molecular weight excluding hydrogens is 628 g/mol. The number of carbonyl (C=O) groups excluding carboxylic acids is 2. The van der Waals surface area contributed by atoms with E-state index in [9.17, 15) is 19.8 Å². The third-order valence-corrected chi connectivity index (χ3v) is 9.50. The van der Waals surface area contributed by atoms with E-state index in [0.717, 1.165) is 22.3 Å². The zero-order valence-electron chi connectivity index (χ0n) is 31.5. The molecule has 0 amide bonds. The lowest BCUT2D eigenvalue weighted by Crippen LogP contribution is -2.62. The van der Waals surface area contributed by atoms with Gasteiger partial charge in [-0.05, 0) is 77.3 Å². The van der Waals surface area contributed by atoms with Crippen LogP contribution in [0.2, 0.25) is 0 Å². The number of phenols is 2. The van der Waals surface area contributed by atoms with Gasteiger partial charge in [-0.2, -0.15) is 0 Å². The Hall–Kier alpha value is -3.18. The Bertz CT molecular complexity index is 1520. The van der Waals surface area contributed by atoms with Crippen LogP contribution < -0.4 is 0 Å². The first-order valence-corrected chi connectivity index (χ1v) is 17.0. The first-order valence-electron chi connectivity index (χ1n) is 17.0. The lowest BCUT2D eigenvalue weighted by molar-refractivity contribution is -0.408. The maximum absolute atomic E-state index is 13.3. The van der Waals surface area contributed by atoms with Crippen LogP contribution in [0.1, 0.15) is 121 Å². The predicted octanol–water partition coefficient (Wildman–Crippen LogP) is 7.37. The number of hydrogen-bond donors (Lipinski definition) is 2. The summed E-state index contributed by atoms with van der Waals surface area (Å²) in [6.45, 7) is 23.1. The third kappa shape index (κ3) is 8.42. The van der Waals surface area contributed by atoms with Crippen LogP contribution >= 0.6 is 0 Å². The number of aromatic hydroxyl groups is 2. The summed E-state index contributed by atoms with van der Waals surface area (Å²) in [6.07, 6.45) is -0.503. The Balaban J connectivity index is 1.41. The highest BCUT2D eigenvalue weighted by Gasteiger charge is 2.54. The number of carbonyl (C=O) groups is 2. The SMILES string of the molecule is Cc1cc(C(C)C(=O)OC2OCC3(CO2)COC(OC(=O)C(C)c2cc(C)c(O)c(C(C)(C)C)c2)OC3C(C)(C)C)cc(C(C)(C)C)c1O. The number of hydrogen-bond acceptors (Lipinski definition) is 10. The van der Waals surface area contributed by atoms with E-state index in [-0.39, 0.29) is 42.1 Å². The van der Waals surface area contributed by atoms with Crippen LogP contribution in [0.4, 0.5) is 0 Å². The zero-order valence-corrected chi connectivity index (χ0v) is 31.5. The van der Waals surface area contributed by atoms with Gasteiger partial charge in [0.1, 0.15) is 11.5 Å². The van der Waals surface area contributed by atoms with E-state index in [1.54, 1.807) is 26.0 Å². The molecule has 49 heavy (non-hydrogen) atoms. The second-order valence-electron chi connectivity index (χ2n) is 17.0. The van der Waals surface area contributed by atoms with E-state index < -0.39 is 53.7 Å². The minimum atomic E-state index is -1.24. The fourth-order valence-corrected chi connectivity index (χ4v) is 6.57. The monoisotopic (exact) mass is 684 g/mol. The quantitative estimate of drug-likeness (QED) is 0.298. The van der Waals surface area contributed by atoms with E-state index in [0.29, 0.717) is 11.1 Å². The van der Waals surface area contributed by atoms with Crippen molar-refractivity contribution in [2.75, 3.05) is 19.8 Å². The largest absolute Gasteiger partial charge is 0.507 e. The molecule has 2 fully saturated rings. The summed E-state index contributed by atoms with van der Waals surface area (Å²) in [5, 5.41) is 21.2. The molecule has 10 heteroatoms. The fraction of sp³-hybridized carbons (Fsp3) is 0.641. The number of esters is 2. The highest BCUT2D eigenvalue weighted by molar-refractivity contribution is 5.78. The smallest absolute Gasteiger partial charge is 0.318 e. The van der Waals surface area contributed by atoms with Crippen LogP contribution in [0.5, 0.6) is 11.5 Å². The van der Waals surface area contributed by atoms with Gasteiger partial charge in [0.2, 0.25) is 0 Å². The van der Waals surface area contributed by atoms with Gasteiger partial charge in [0.25, 0.3) is 0 Å². The molecule has 2 aromatic rings. The lowest BCUT2D eigenvalue weighted by atomic mass is 9.71. The van der Waals surface area contributed by atoms with Crippen molar-refractivity contribution in [3.8, 4) is 11.5 Å². The molecule has 272 valence electrons. The molecule has 4 unspecified atom stereocenters. The van der Waals surface area contributed by atoms with Crippen molar-refractivity contribution < 1.29 is 48.2 Å². The number of aryl methyl sites for hydroxylation is 2. The van der Waals surface area contributed by atoms with Crippen molar-refractivity contribution in [3.05, 3.63) is 57.6 Å². The van der Waals surface area contributed by atoms with Crippen molar-refractivity contribution in [3.63, 3.8) is 0 Å². The van der Waals surface area contributed by atoms with Crippen molar-refractivity contribution in [1.29, 1.82) is 0 Å². The molecule has 0 aromatic heterocycles. The second kappa shape index (κ2) is 13.9. The molecular formula is C39H56O10. The summed E-state index contributed by atoms with van der Waals surface area (Å²) >= 11 is 0. The molecule has 10 nitrogen and oxygen atoms in total. The Labute approximate surface area is 291 Å². The maximum atomic E-state index is 13.3. The number of ether oxygens (including phenoxy) is 6. The van der Waals surface area contributed by atoms with Gasteiger partial charge in [0, 0.05) is 0 Å². The standard InChI is InChI=1S/C39H56O10/c1-21-14-25(16-27(29(21)40)36(5,6)7)23(3)31(42)47-34-44-18-39(19-45-34)20-46-35(49-33(39)38(11,12)13)48-32(43)24(4)26-15-22(2)30(41)28(17-26)37(8,9)10/h14-17,23-24,33-35,40-41H,18-20H2,1-13H3. The van der Waals surface area contributed by atoms with Gasteiger partial charge in [-0.15, -0.1) is 0 Å². The summed E-state index contributed by atoms with van der Waals surface area (Å²) in [7, 11) is 0. The summed E-state index contributed by atoms with van der Waals surface area (Å²) in [5.41, 5.74) is 2.50. The minimum absolute atomic E-state index is 0.118. The van der Waals surface area contributed by atoms with Crippen LogP contribution in [0.15, 0.2) is 24.3 Å². The molecule has 2 aliphatic heterocycles. The van der Waals surface area contributed by atoms with Crippen molar-refractivity contribution in [2.45, 2.75) is 132 Å². The molecule has 0 aliphatic carbocycles. The summed E-state index contributed by atoms with van der Waals surface area (Å²) < 4.78 is 35.5. The van der Waals surface area contributed by atoms with Gasteiger partial charge in [0.05, 0.1) is 43.2 Å². The van der Waals surface area contributed by atoms with Crippen LogP contribution in [0.3, 0.4) is 0 Å². The number of phenolic OH excluding ortho intramolecular Hbond substituents is 2. The Kier molecular flexibility index (Phi) is 10.9. The molecule has 2 heterocycles. The van der Waals surface area contributed by atoms with Gasteiger partial charge in [-0.25, -0.2) is 0 Å². The molecule has 2 aromatic carbocycles. The fourth-order valence-electron chi connectivity index (χ4n) is 6.57. The predicted molar refractivity (Wildman–Crippen MR) is 184 cm³/mol. The van der Waals surface area contributed by atoms with Gasteiger partial charge < -0.3 is 38.6 Å². The van der Waals surface area contributed by atoms with Crippen LogP contribution in [-0.4, -0.2) is 61.0 Å².